The SMILES string of the molecule is CCOc1ccc(C(=O)Oc2ccc(/C=N\NC(=O)c3ccc(NS(=O)(=O)c4ccc(C)cc4)cc3)cc2)cc1. The highest BCUT2D eigenvalue weighted by molar-refractivity contribution is 7.92. The van der Waals surface area contributed by atoms with Gasteiger partial charge < -0.3 is 9.47 Å². The number of hydrogen-bond acceptors (Lipinski definition) is 7. The van der Waals surface area contributed by atoms with Crippen molar-refractivity contribution in [2.75, 3.05) is 11.3 Å². The number of esters is 1. The molecule has 0 unspecified atom stereocenters. The maximum Gasteiger partial charge on any atom is 0.343 e. The summed E-state index contributed by atoms with van der Waals surface area (Å²) in [5, 5.41) is 3.95. The predicted molar refractivity (Wildman–Crippen MR) is 153 cm³/mol. The van der Waals surface area contributed by atoms with E-state index in [0.29, 0.717) is 40.5 Å². The van der Waals surface area contributed by atoms with Crippen LogP contribution in [-0.4, -0.2) is 33.1 Å². The zero-order valence-corrected chi connectivity index (χ0v) is 22.6. The molecular weight excluding hydrogens is 530 g/mol. The molecule has 0 atom stereocenters. The number of nitrogens with one attached hydrogen (secondary N) is 2. The molecule has 0 aliphatic carbocycles. The van der Waals surface area contributed by atoms with Gasteiger partial charge in [0, 0.05) is 11.3 Å². The number of carbonyl (C=O) groups excluding carboxylic acids is 2. The number of ether oxygens (including phenoxy) is 2. The van der Waals surface area contributed by atoms with Gasteiger partial charge in [0.15, 0.2) is 0 Å². The molecule has 204 valence electrons. The Labute approximate surface area is 232 Å². The molecule has 0 heterocycles. The number of benzene rings is 4. The Morgan fingerprint density at radius 3 is 2.02 bits per heavy atom. The third-order valence-electron chi connectivity index (χ3n) is 5.60. The molecule has 0 radical (unpaired) electrons. The Bertz CT molecular complexity index is 1600. The maximum absolute atomic E-state index is 12.5. The summed E-state index contributed by atoms with van der Waals surface area (Å²) >= 11 is 0. The van der Waals surface area contributed by atoms with Crippen LogP contribution in [0, 0.1) is 6.92 Å². The number of sulfonamides is 1. The molecule has 2 N–H and O–H groups in total. The molecule has 0 saturated carbocycles. The standard InChI is InChI=1S/C30H27N3O6S/c1-3-38-26-16-10-24(11-17-26)30(35)39-27-14-6-22(7-15-27)20-31-32-29(34)23-8-12-25(13-9-23)33-40(36,37)28-18-4-21(2)5-19-28/h4-20,33H,3H2,1-2H3,(H,32,34)/b31-20-. The molecule has 4 aromatic carbocycles. The number of hydrazone groups is 1. The van der Waals surface area contributed by atoms with Crippen molar-refractivity contribution in [2.45, 2.75) is 18.7 Å². The highest BCUT2D eigenvalue weighted by atomic mass is 32.2. The first-order valence-electron chi connectivity index (χ1n) is 12.3. The van der Waals surface area contributed by atoms with Crippen molar-refractivity contribution in [3.8, 4) is 11.5 Å². The molecule has 4 aromatic rings. The number of anilines is 1. The third kappa shape index (κ3) is 7.55. The zero-order chi connectivity index (χ0) is 28.5. The Morgan fingerprint density at radius 2 is 1.40 bits per heavy atom. The summed E-state index contributed by atoms with van der Waals surface area (Å²) in [4.78, 5) is 24.9. The molecule has 0 aliphatic rings. The third-order valence-corrected chi connectivity index (χ3v) is 7.00. The number of amides is 1. The Kier molecular flexibility index (Phi) is 8.93. The van der Waals surface area contributed by atoms with E-state index in [-0.39, 0.29) is 4.90 Å². The van der Waals surface area contributed by atoms with E-state index in [1.165, 1.54) is 42.6 Å². The van der Waals surface area contributed by atoms with E-state index in [1.54, 1.807) is 60.7 Å². The van der Waals surface area contributed by atoms with Gasteiger partial charge in [0.2, 0.25) is 0 Å². The Balaban J connectivity index is 1.28. The van der Waals surface area contributed by atoms with Crippen LogP contribution in [0.5, 0.6) is 11.5 Å². The molecule has 0 spiro atoms. The predicted octanol–water partition coefficient (Wildman–Crippen LogP) is 5.18. The molecule has 0 bridgehead atoms. The summed E-state index contributed by atoms with van der Waals surface area (Å²) < 4.78 is 38.3. The summed E-state index contributed by atoms with van der Waals surface area (Å²) in [6.45, 7) is 4.29. The fourth-order valence-electron chi connectivity index (χ4n) is 3.49. The molecule has 9 nitrogen and oxygen atoms in total. The largest absolute Gasteiger partial charge is 0.494 e. The van der Waals surface area contributed by atoms with E-state index < -0.39 is 21.9 Å². The monoisotopic (exact) mass is 557 g/mol. The van der Waals surface area contributed by atoms with Gasteiger partial charge in [-0.15, -0.1) is 0 Å². The van der Waals surface area contributed by atoms with E-state index in [2.05, 4.69) is 15.2 Å². The van der Waals surface area contributed by atoms with Crippen LogP contribution in [0.3, 0.4) is 0 Å². The minimum atomic E-state index is -3.74. The van der Waals surface area contributed by atoms with Gasteiger partial charge in [0.25, 0.3) is 15.9 Å². The number of rotatable bonds is 10. The fourth-order valence-corrected chi connectivity index (χ4v) is 4.55. The van der Waals surface area contributed by atoms with Gasteiger partial charge in [-0.2, -0.15) is 5.10 Å². The van der Waals surface area contributed by atoms with E-state index in [0.717, 1.165) is 5.56 Å². The summed E-state index contributed by atoms with van der Waals surface area (Å²) in [6.07, 6.45) is 1.44. The number of nitrogens with zero attached hydrogens (tertiary/aromatic N) is 1. The lowest BCUT2D eigenvalue weighted by Gasteiger charge is -2.09. The summed E-state index contributed by atoms with van der Waals surface area (Å²) in [7, 11) is -3.74. The van der Waals surface area contributed by atoms with Crippen molar-refractivity contribution in [2.24, 2.45) is 5.10 Å². The average Bonchev–Trinajstić information content (AvgIpc) is 2.95. The minimum Gasteiger partial charge on any atom is -0.494 e. The van der Waals surface area contributed by atoms with Gasteiger partial charge in [-0.1, -0.05) is 17.7 Å². The van der Waals surface area contributed by atoms with E-state index >= 15 is 0 Å². The smallest absolute Gasteiger partial charge is 0.343 e. The molecule has 0 aromatic heterocycles. The topological polar surface area (TPSA) is 123 Å². The number of carbonyl (C=O) groups is 2. The molecule has 40 heavy (non-hydrogen) atoms. The lowest BCUT2D eigenvalue weighted by Crippen LogP contribution is -2.18. The highest BCUT2D eigenvalue weighted by Gasteiger charge is 2.14. The van der Waals surface area contributed by atoms with Crippen LogP contribution in [0.25, 0.3) is 0 Å². The van der Waals surface area contributed by atoms with Crippen LogP contribution in [0.4, 0.5) is 5.69 Å². The van der Waals surface area contributed by atoms with Crippen LogP contribution in [0.2, 0.25) is 0 Å². The Morgan fingerprint density at radius 1 is 0.800 bits per heavy atom. The quantitative estimate of drug-likeness (QED) is 0.120. The molecule has 0 aliphatic heterocycles. The van der Waals surface area contributed by atoms with Crippen LogP contribution in [0.15, 0.2) is 107 Å². The summed E-state index contributed by atoms with van der Waals surface area (Å²) in [5.41, 5.74) is 5.07. The number of hydrogen-bond donors (Lipinski definition) is 2. The van der Waals surface area contributed by atoms with E-state index in [9.17, 15) is 18.0 Å². The van der Waals surface area contributed by atoms with Gasteiger partial charge >= 0.3 is 5.97 Å². The second-order valence-corrected chi connectivity index (χ2v) is 10.3. The van der Waals surface area contributed by atoms with Crippen molar-refractivity contribution in [1.29, 1.82) is 0 Å². The van der Waals surface area contributed by atoms with Crippen LogP contribution in [-0.2, 0) is 10.0 Å². The first-order chi connectivity index (χ1) is 19.2. The van der Waals surface area contributed by atoms with Crippen LogP contribution < -0.4 is 19.6 Å². The van der Waals surface area contributed by atoms with E-state index in [4.69, 9.17) is 9.47 Å². The lowest BCUT2D eigenvalue weighted by atomic mass is 10.2. The summed E-state index contributed by atoms with van der Waals surface area (Å²) in [5.74, 6) is 0.0714. The first kappa shape index (κ1) is 28.1. The van der Waals surface area contributed by atoms with Crippen LogP contribution >= 0.6 is 0 Å². The molecule has 10 heteroatoms. The highest BCUT2D eigenvalue weighted by Crippen LogP contribution is 2.18. The second-order valence-electron chi connectivity index (χ2n) is 8.61. The summed E-state index contributed by atoms with van der Waals surface area (Å²) in [6, 6.07) is 25.8. The minimum absolute atomic E-state index is 0.146. The van der Waals surface area contributed by atoms with Crippen molar-refractivity contribution < 1.29 is 27.5 Å². The number of aryl methyl sites for hydroxylation is 1. The van der Waals surface area contributed by atoms with Gasteiger partial charge in [0.05, 0.1) is 23.3 Å². The molecule has 0 saturated heterocycles. The second kappa shape index (κ2) is 12.7. The van der Waals surface area contributed by atoms with Gasteiger partial charge in [-0.05, 0) is 104 Å². The van der Waals surface area contributed by atoms with Crippen molar-refractivity contribution in [1.82, 2.24) is 5.43 Å². The molecular formula is C30H27N3O6S. The zero-order valence-electron chi connectivity index (χ0n) is 21.8. The maximum atomic E-state index is 12.5. The van der Waals surface area contributed by atoms with Gasteiger partial charge in [-0.25, -0.2) is 18.6 Å². The van der Waals surface area contributed by atoms with E-state index in [1.807, 2.05) is 13.8 Å². The normalized spacial score (nSPS) is 11.2. The first-order valence-corrected chi connectivity index (χ1v) is 13.8. The van der Waals surface area contributed by atoms with Crippen molar-refractivity contribution >= 4 is 33.8 Å². The molecule has 1 amide bonds. The van der Waals surface area contributed by atoms with Gasteiger partial charge in [-0.3, -0.25) is 9.52 Å². The molecule has 0 fully saturated rings. The fraction of sp³-hybridized carbons (Fsp3) is 0.100. The van der Waals surface area contributed by atoms with Crippen molar-refractivity contribution in [3.05, 3.63) is 119 Å². The van der Waals surface area contributed by atoms with Crippen molar-refractivity contribution in [3.63, 3.8) is 0 Å². The Hall–Kier alpha value is -4.96. The lowest BCUT2D eigenvalue weighted by molar-refractivity contribution is 0.0734. The average molecular weight is 558 g/mol. The van der Waals surface area contributed by atoms with Gasteiger partial charge in [0.1, 0.15) is 11.5 Å². The molecule has 4 rings (SSSR count). The van der Waals surface area contributed by atoms with Crippen LogP contribution in [0.1, 0.15) is 38.8 Å².